The van der Waals surface area contributed by atoms with Gasteiger partial charge >= 0.3 is 0 Å². The lowest BCUT2D eigenvalue weighted by Crippen LogP contribution is -2.29. The predicted molar refractivity (Wildman–Crippen MR) is 85.7 cm³/mol. The van der Waals surface area contributed by atoms with Crippen LogP contribution in [-0.2, 0) is 0 Å². The number of nitrogens with one attached hydrogen (secondary N) is 1. The van der Waals surface area contributed by atoms with E-state index in [0.717, 1.165) is 21.3 Å². The molecule has 1 atom stereocenters. The summed E-state index contributed by atoms with van der Waals surface area (Å²) in [6, 6.07) is 14.0. The van der Waals surface area contributed by atoms with Crippen molar-refractivity contribution in [1.82, 2.24) is 5.43 Å². The van der Waals surface area contributed by atoms with E-state index in [9.17, 15) is 0 Å². The number of rotatable bonds is 5. The largest absolute Gasteiger partial charge is 0.494 e. The third-order valence-electron chi connectivity index (χ3n) is 3.23. The van der Waals surface area contributed by atoms with Gasteiger partial charge in [-0.2, -0.15) is 0 Å². The zero-order chi connectivity index (χ0) is 14.5. The maximum Gasteiger partial charge on any atom is 0.124 e. The number of aryl methyl sites for hydroxylation is 1. The Labute approximate surface area is 128 Å². The lowest BCUT2D eigenvalue weighted by Gasteiger charge is -2.21. The molecule has 0 amide bonds. The quantitative estimate of drug-likeness (QED) is 0.647. The second kappa shape index (κ2) is 6.88. The van der Waals surface area contributed by atoms with Crippen molar-refractivity contribution < 1.29 is 4.74 Å². The molecule has 2 aromatic rings. The normalized spacial score (nSPS) is 12.2. The Morgan fingerprint density at radius 2 is 1.85 bits per heavy atom. The van der Waals surface area contributed by atoms with Crippen molar-refractivity contribution in [2.75, 3.05) is 6.61 Å². The minimum absolute atomic E-state index is 0.118. The van der Waals surface area contributed by atoms with Crippen LogP contribution in [0.2, 0.25) is 0 Å². The molecule has 3 N–H and O–H groups in total. The van der Waals surface area contributed by atoms with Crippen LogP contribution in [-0.4, -0.2) is 6.61 Å². The molecule has 0 spiro atoms. The SMILES string of the molecule is CCOc1ccccc1C(NN)c1cccc(C)c1Br. The first-order valence-electron chi connectivity index (χ1n) is 6.61. The number of benzene rings is 2. The van der Waals surface area contributed by atoms with E-state index in [1.807, 2.05) is 37.3 Å². The van der Waals surface area contributed by atoms with Gasteiger partial charge in [0.2, 0.25) is 0 Å². The van der Waals surface area contributed by atoms with E-state index in [1.54, 1.807) is 0 Å². The zero-order valence-electron chi connectivity index (χ0n) is 11.7. The highest BCUT2D eigenvalue weighted by Gasteiger charge is 2.19. The van der Waals surface area contributed by atoms with Gasteiger partial charge in [-0.25, -0.2) is 5.43 Å². The lowest BCUT2D eigenvalue weighted by molar-refractivity contribution is 0.333. The van der Waals surface area contributed by atoms with Gasteiger partial charge in [-0.15, -0.1) is 0 Å². The summed E-state index contributed by atoms with van der Waals surface area (Å²) in [5.74, 6) is 6.65. The van der Waals surface area contributed by atoms with Crippen LogP contribution in [0.3, 0.4) is 0 Å². The summed E-state index contributed by atoms with van der Waals surface area (Å²) in [5, 5.41) is 0. The molecule has 4 heteroatoms. The van der Waals surface area contributed by atoms with Crippen LogP contribution in [0.5, 0.6) is 5.75 Å². The van der Waals surface area contributed by atoms with Crippen LogP contribution in [0.15, 0.2) is 46.9 Å². The Morgan fingerprint density at radius 1 is 1.15 bits per heavy atom. The molecule has 0 saturated carbocycles. The third-order valence-corrected chi connectivity index (χ3v) is 4.31. The monoisotopic (exact) mass is 334 g/mol. The summed E-state index contributed by atoms with van der Waals surface area (Å²) in [7, 11) is 0. The van der Waals surface area contributed by atoms with Crippen molar-refractivity contribution >= 4 is 15.9 Å². The number of ether oxygens (including phenoxy) is 1. The van der Waals surface area contributed by atoms with Gasteiger partial charge in [0.1, 0.15) is 5.75 Å². The van der Waals surface area contributed by atoms with E-state index in [1.165, 1.54) is 5.56 Å². The van der Waals surface area contributed by atoms with Crippen molar-refractivity contribution in [3.05, 3.63) is 63.6 Å². The van der Waals surface area contributed by atoms with E-state index in [-0.39, 0.29) is 6.04 Å². The first-order valence-corrected chi connectivity index (χ1v) is 7.41. The van der Waals surface area contributed by atoms with E-state index >= 15 is 0 Å². The van der Waals surface area contributed by atoms with Crippen molar-refractivity contribution in [3.63, 3.8) is 0 Å². The summed E-state index contributed by atoms with van der Waals surface area (Å²) in [6.45, 7) is 4.67. The highest BCUT2D eigenvalue weighted by Crippen LogP contribution is 2.34. The smallest absolute Gasteiger partial charge is 0.124 e. The Balaban J connectivity index is 2.50. The summed E-state index contributed by atoms with van der Waals surface area (Å²) < 4.78 is 6.76. The predicted octanol–water partition coefficient (Wildman–Crippen LogP) is 3.71. The molecule has 0 aromatic heterocycles. The molecule has 106 valence electrons. The fourth-order valence-corrected chi connectivity index (χ4v) is 2.74. The van der Waals surface area contributed by atoms with E-state index in [0.29, 0.717) is 6.61 Å². The van der Waals surface area contributed by atoms with Gasteiger partial charge < -0.3 is 4.74 Å². The molecule has 0 aliphatic carbocycles. The average molecular weight is 335 g/mol. The molecule has 0 aliphatic heterocycles. The topological polar surface area (TPSA) is 47.3 Å². The maximum absolute atomic E-state index is 5.79. The molecule has 0 heterocycles. The van der Waals surface area contributed by atoms with Gasteiger partial charge in [0, 0.05) is 10.0 Å². The number of para-hydroxylation sites is 1. The first kappa shape index (κ1) is 15.0. The fraction of sp³-hybridized carbons (Fsp3) is 0.250. The molecule has 0 fully saturated rings. The van der Waals surface area contributed by atoms with Crippen molar-refractivity contribution in [1.29, 1.82) is 0 Å². The van der Waals surface area contributed by atoms with Crippen molar-refractivity contribution in [2.45, 2.75) is 19.9 Å². The Bertz CT molecular complexity index is 586. The number of hydrazine groups is 1. The van der Waals surface area contributed by atoms with Gasteiger partial charge in [0.25, 0.3) is 0 Å². The molecular formula is C16H19BrN2O. The highest BCUT2D eigenvalue weighted by molar-refractivity contribution is 9.10. The van der Waals surface area contributed by atoms with Gasteiger partial charge in [-0.05, 0) is 31.0 Å². The molecule has 1 unspecified atom stereocenters. The van der Waals surface area contributed by atoms with Gasteiger partial charge in [-0.1, -0.05) is 52.3 Å². The molecule has 0 aliphatic rings. The number of hydrogen-bond donors (Lipinski definition) is 2. The second-order valence-electron chi connectivity index (χ2n) is 4.55. The van der Waals surface area contributed by atoms with E-state index in [2.05, 4.69) is 40.4 Å². The average Bonchev–Trinajstić information content (AvgIpc) is 2.46. The molecule has 20 heavy (non-hydrogen) atoms. The molecule has 0 radical (unpaired) electrons. The van der Waals surface area contributed by atoms with Crippen LogP contribution < -0.4 is 16.0 Å². The third kappa shape index (κ3) is 3.03. The van der Waals surface area contributed by atoms with E-state index < -0.39 is 0 Å². The van der Waals surface area contributed by atoms with Crippen LogP contribution in [0, 0.1) is 6.92 Å². The number of halogens is 1. The minimum Gasteiger partial charge on any atom is -0.494 e. The van der Waals surface area contributed by atoms with Crippen LogP contribution in [0.1, 0.15) is 29.7 Å². The van der Waals surface area contributed by atoms with Crippen LogP contribution in [0.4, 0.5) is 0 Å². The standard InChI is InChI=1S/C16H19BrN2O/c1-3-20-14-10-5-4-8-12(14)16(19-18)13-9-6-7-11(2)15(13)17/h4-10,16,19H,3,18H2,1-2H3. The number of hydrogen-bond acceptors (Lipinski definition) is 3. The fourth-order valence-electron chi connectivity index (χ4n) is 2.25. The maximum atomic E-state index is 5.79. The first-order chi connectivity index (χ1) is 9.69. The van der Waals surface area contributed by atoms with E-state index in [4.69, 9.17) is 10.6 Å². The summed E-state index contributed by atoms with van der Waals surface area (Å²) in [6.07, 6.45) is 0. The minimum atomic E-state index is -0.118. The second-order valence-corrected chi connectivity index (χ2v) is 5.34. The summed E-state index contributed by atoms with van der Waals surface area (Å²) in [4.78, 5) is 0. The number of nitrogens with two attached hydrogens (primary N) is 1. The lowest BCUT2D eigenvalue weighted by atomic mass is 9.97. The van der Waals surface area contributed by atoms with Gasteiger partial charge in [-0.3, -0.25) is 5.84 Å². The Hall–Kier alpha value is -1.36. The molecule has 2 rings (SSSR count). The Kier molecular flexibility index (Phi) is 5.17. The molecule has 0 bridgehead atoms. The molecule has 0 saturated heterocycles. The van der Waals surface area contributed by atoms with Gasteiger partial charge in [0.15, 0.2) is 0 Å². The van der Waals surface area contributed by atoms with Gasteiger partial charge in [0.05, 0.1) is 12.6 Å². The Morgan fingerprint density at radius 3 is 2.55 bits per heavy atom. The highest BCUT2D eigenvalue weighted by atomic mass is 79.9. The molecular weight excluding hydrogens is 316 g/mol. The van der Waals surface area contributed by atoms with Crippen molar-refractivity contribution in [2.24, 2.45) is 5.84 Å². The van der Waals surface area contributed by atoms with Crippen LogP contribution >= 0.6 is 15.9 Å². The van der Waals surface area contributed by atoms with Crippen molar-refractivity contribution in [3.8, 4) is 5.75 Å². The molecule has 2 aromatic carbocycles. The van der Waals surface area contributed by atoms with Crippen LogP contribution in [0.25, 0.3) is 0 Å². The molecule has 3 nitrogen and oxygen atoms in total. The summed E-state index contributed by atoms with van der Waals surface area (Å²) >= 11 is 3.65. The zero-order valence-corrected chi connectivity index (χ0v) is 13.3. The summed E-state index contributed by atoms with van der Waals surface area (Å²) in [5.41, 5.74) is 6.20.